The van der Waals surface area contributed by atoms with Gasteiger partial charge in [-0.25, -0.2) is 13.1 Å². The Kier molecular flexibility index (Phi) is 3.54. The van der Waals surface area contributed by atoms with E-state index < -0.39 is 10.0 Å². The third kappa shape index (κ3) is 3.07. The van der Waals surface area contributed by atoms with Gasteiger partial charge in [-0.05, 0) is 42.9 Å². The van der Waals surface area contributed by atoms with Gasteiger partial charge in [0.25, 0.3) is 0 Å². The summed E-state index contributed by atoms with van der Waals surface area (Å²) in [6.45, 7) is 4.27. The standard InChI is InChI=1S/C13H19NO2S/c1-3-10(2)11-4-8-13(9-5-11)17(15,16)14-12-6-7-12/h4-5,8-10,12,14H,3,6-7H2,1-2H3/t10-/m0/s1. The van der Waals surface area contributed by atoms with Gasteiger partial charge in [0.2, 0.25) is 10.0 Å². The lowest BCUT2D eigenvalue weighted by Gasteiger charge is -2.10. The van der Waals surface area contributed by atoms with E-state index in [4.69, 9.17) is 0 Å². The number of sulfonamides is 1. The number of hydrogen-bond donors (Lipinski definition) is 1. The average Bonchev–Trinajstić information content (AvgIpc) is 3.11. The molecule has 0 unspecified atom stereocenters. The highest BCUT2D eigenvalue weighted by Gasteiger charge is 2.27. The van der Waals surface area contributed by atoms with E-state index >= 15 is 0 Å². The molecule has 2 rings (SSSR count). The van der Waals surface area contributed by atoms with Crippen LogP contribution in [0.15, 0.2) is 29.2 Å². The number of nitrogens with one attached hydrogen (secondary N) is 1. The summed E-state index contributed by atoms with van der Waals surface area (Å²) in [5.74, 6) is 0.475. The molecule has 1 aliphatic carbocycles. The van der Waals surface area contributed by atoms with Crippen molar-refractivity contribution in [2.45, 2.75) is 50.0 Å². The first kappa shape index (κ1) is 12.6. The van der Waals surface area contributed by atoms with Gasteiger partial charge in [-0.15, -0.1) is 0 Å². The number of rotatable bonds is 5. The normalized spacial score (nSPS) is 18.0. The fourth-order valence-corrected chi connectivity index (χ4v) is 3.00. The van der Waals surface area contributed by atoms with Crippen LogP contribution >= 0.6 is 0 Å². The molecule has 0 bridgehead atoms. The first-order chi connectivity index (χ1) is 8.03. The maximum Gasteiger partial charge on any atom is 0.240 e. The van der Waals surface area contributed by atoms with Gasteiger partial charge in [0, 0.05) is 6.04 Å². The molecule has 1 aromatic carbocycles. The molecule has 1 atom stereocenters. The summed E-state index contributed by atoms with van der Waals surface area (Å²) in [6.07, 6.45) is 2.99. The van der Waals surface area contributed by atoms with Gasteiger partial charge in [-0.2, -0.15) is 0 Å². The molecule has 0 spiro atoms. The lowest BCUT2D eigenvalue weighted by molar-refractivity contribution is 0.581. The lowest BCUT2D eigenvalue weighted by Crippen LogP contribution is -2.25. The van der Waals surface area contributed by atoms with E-state index in [2.05, 4.69) is 18.6 Å². The Hall–Kier alpha value is -0.870. The van der Waals surface area contributed by atoms with Crippen LogP contribution in [0, 0.1) is 0 Å². The molecule has 0 heterocycles. The van der Waals surface area contributed by atoms with Crippen molar-refractivity contribution in [3.8, 4) is 0 Å². The van der Waals surface area contributed by atoms with E-state index in [0.717, 1.165) is 19.3 Å². The summed E-state index contributed by atoms with van der Waals surface area (Å²) in [7, 11) is -3.30. The second kappa shape index (κ2) is 4.78. The van der Waals surface area contributed by atoms with Crippen molar-refractivity contribution in [2.24, 2.45) is 0 Å². The van der Waals surface area contributed by atoms with Crippen molar-refractivity contribution in [2.75, 3.05) is 0 Å². The van der Waals surface area contributed by atoms with Crippen molar-refractivity contribution >= 4 is 10.0 Å². The molecular formula is C13H19NO2S. The van der Waals surface area contributed by atoms with Crippen LogP contribution in [0.1, 0.15) is 44.6 Å². The molecule has 0 saturated heterocycles. The van der Waals surface area contributed by atoms with Crippen LogP contribution in [0.25, 0.3) is 0 Å². The fourth-order valence-electron chi connectivity index (χ4n) is 1.70. The van der Waals surface area contributed by atoms with Crippen LogP contribution in [0.4, 0.5) is 0 Å². The van der Waals surface area contributed by atoms with Gasteiger partial charge < -0.3 is 0 Å². The van der Waals surface area contributed by atoms with Gasteiger partial charge in [0.1, 0.15) is 0 Å². The lowest BCUT2D eigenvalue weighted by atomic mass is 9.99. The molecule has 0 amide bonds. The van der Waals surface area contributed by atoms with E-state index in [1.54, 1.807) is 12.1 Å². The minimum absolute atomic E-state index is 0.161. The summed E-state index contributed by atoms with van der Waals surface area (Å²) in [4.78, 5) is 0.372. The molecule has 1 saturated carbocycles. The smallest absolute Gasteiger partial charge is 0.208 e. The van der Waals surface area contributed by atoms with Crippen molar-refractivity contribution in [1.29, 1.82) is 0 Å². The minimum atomic E-state index is -3.30. The quantitative estimate of drug-likeness (QED) is 0.877. The largest absolute Gasteiger partial charge is 0.240 e. The maximum absolute atomic E-state index is 11.9. The average molecular weight is 253 g/mol. The van der Waals surface area contributed by atoms with Crippen molar-refractivity contribution in [1.82, 2.24) is 4.72 Å². The zero-order valence-electron chi connectivity index (χ0n) is 10.3. The summed E-state index contributed by atoms with van der Waals surface area (Å²) in [5, 5.41) is 0. The predicted octanol–water partition coefficient (Wildman–Crippen LogP) is 2.64. The highest BCUT2D eigenvalue weighted by Crippen LogP contribution is 2.24. The molecule has 0 aromatic heterocycles. The molecule has 1 aromatic rings. The Morgan fingerprint density at radius 2 is 1.88 bits per heavy atom. The van der Waals surface area contributed by atoms with Crippen LogP contribution in [0.3, 0.4) is 0 Å². The molecular weight excluding hydrogens is 234 g/mol. The van der Waals surface area contributed by atoms with E-state index in [9.17, 15) is 8.42 Å². The summed E-state index contributed by atoms with van der Waals surface area (Å²) in [6, 6.07) is 7.39. The van der Waals surface area contributed by atoms with Crippen LogP contribution in [-0.2, 0) is 10.0 Å². The highest BCUT2D eigenvalue weighted by atomic mass is 32.2. The summed E-state index contributed by atoms with van der Waals surface area (Å²) < 4.78 is 26.5. The van der Waals surface area contributed by atoms with Crippen molar-refractivity contribution in [3.63, 3.8) is 0 Å². The number of benzene rings is 1. The molecule has 1 fully saturated rings. The Morgan fingerprint density at radius 1 is 1.29 bits per heavy atom. The molecule has 4 heteroatoms. The van der Waals surface area contributed by atoms with Crippen LogP contribution in [-0.4, -0.2) is 14.5 Å². The van der Waals surface area contributed by atoms with Crippen molar-refractivity contribution in [3.05, 3.63) is 29.8 Å². The molecule has 0 radical (unpaired) electrons. The second-order valence-electron chi connectivity index (χ2n) is 4.77. The van der Waals surface area contributed by atoms with E-state index in [1.165, 1.54) is 5.56 Å². The molecule has 1 N–H and O–H groups in total. The van der Waals surface area contributed by atoms with E-state index in [-0.39, 0.29) is 6.04 Å². The monoisotopic (exact) mass is 253 g/mol. The van der Waals surface area contributed by atoms with Crippen LogP contribution < -0.4 is 4.72 Å². The molecule has 17 heavy (non-hydrogen) atoms. The zero-order valence-corrected chi connectivity index (χ0v) is 11.1. The van der Waals surface area contributed by atoms with Crippen molar-refractivity contribution < 1.29 is 8.42 Å². The van der Waals surface area contributed by atoms with Gasteiger partial charge in [0.15, 0.2) is 0 Å². The molecule has 1 aliphatic rings. The first-order valence-electron chi connectivity index (χ1n) is 6.15. The van der Waals surface area contributed by atoms with Crippen LogP contribution in [0.2, 0.25) is 0 Å². The topological polar surface area (TPSA) is 46.2 Å². The predicted molar refractivity (Wildman–Crippen MR) is 68.5 cm³/mol. The van der Waals surface area contributed by atoms with Gasteiger partial charge in [0.05, 0.1) is 4.90 Å². The highest BCUT2D eigenvalue weighted by molar-refractivity contribution is 7.89. The Labute approximate surface area is 103 Å². The second-order valence-corrected chi connectivity index (χ2v) is 6.49. The molecule has 94 valence electrons. The first-order valence-corrected chi connectivity index (χ1v) is 7.63. The summed E-state index contributed by atoms with van der Waals surface area (Å²) >= 11 is 0. The Balaban J connectivity index is 2.16. The third-order valence-corrected chi connectivity index (χ3v) is 4.81. The third-order valence-electron chi connectivity index (χ3n) is 3.27. The maximum atomic E-state index is 11.9. The number of hydrogen-bond acceptors (Lipinski definition) is 2. The Bertz CT molecular complexity index is 475. The Morgan fingerprint density at radius 3 is 2.35 bits per heavy atom. The SMILES string of the molecule is CC[C@H](C)c1ccc(S(=O)(=O)NC2CC2)cc1. The zero-order chi connectivity index (χ0) is 12.5. The van der Waals surface area contributed by atoms with E-state index in [0.29, 0.717) is 10.8 Å². The molecule has 3 nitrogen and oxygen atoms in total. The van der Waals surface area contributed by atoms with E-state index in [1.807, 2.05) is 12.1 Å². The molecule has 0 aliphatic heterocycles. The van der Waals surface area contributed by atoms with Crippen LogP contribution in [0.5, 0.6) is 0 Å². The minimum Gasteiger partial charge on any atom is -0.208 e. The van der Waals surface area contributed by atoms with Gasteiger partial charge in [-0.1, -0.05) is 26.0 Å². The fraction of sp³-hybridized carbons (Fsp3) is 0.538. The summed E-state index contributed by atoms with van der Waals surface area (Å²) in [5.41, 5.74) is 1.19. The van der Waals surface area contributed by atoms with Gasteiger partial charge in [-0.3, -0.25) is 0 Å². The van der Waals surface area contributed by atoms with Gasteiger partial charge >= 0.3 is 0 Å².